The fraction of sp³-hybridized carbons (Fsp3) is 1.00. The SMILES string of the molecule is FC1(F)CC2(CCNC2)C1.FC1(F)CC2(CCNC2)C1(F)F.FC1(F)COC12CCNC2. The van der Waals surface area contributed by atoms with Gasteiger partial charge in [0.2, 0.25) is 5.92 Å². The highest BCUT2D eigenvalue weighted by Crippen LogP contribution is 2.65. The minimum absolute atomic E-state index is 0.0104. The molecule has 4 saturated heterocycles. The van der Waals surface area contributed by atoms with Gasteiger partial charge in [0.1, 0.15) is 12.2 Å². The highest BCUT2D eigenvalue weighted by Gasteiger charge is 2.80. The van der Waals surface area contributed by atoms with Crippen molar-refractivity contribution in [2.24, 2.45) is 10.8 Å². The molecule has 6 rings (SSSR count). The van der Waals surface area contributed by atoms with Crippen LogP contribution in [0.2, 0.25) is 0 Å². The molecule has 2 aliphatic carbocycles. The second-order valence-electron chi connectivity index (χ2n) is 10.2. The van der Waals surface area contributed by atoms with Crippen molar-refractivity contribution in [2.75, 3.05) is 45.9 Å². The van der Waals surface area contributed by atoms with Crippen molar-refractivity contribution in [1.29, 1.82) is 0 Å². The summed E-state index contributed by atoms with van der Waals surface area (Å²) in [6.45, 7) is 2.74. The Labute approximate surface area is 181 Å². The van der Waals surface area contributed by atoms with E-state index in [-0.39, 0.29) is 31.2 Å². The molecule has 32 heavy (non-hydrogen) atoms. The lowest BCUT2D eigenvalue weighted by molar-refractivity contribution is -0.351. The Morgan fingerprint density at radius 2 is 1.19 bits per heavy atom. The topological polar surface area (TPSA) is 45.3 Å². The Kier molecular flexibility index (Phi) is 5.83. The number of ether oxygens (including phenoxy) is 1. The van der Waals surface area contributed by atoms with Gasteiger partial charge in [0, 0.05) is 38.9 Å². The molecule has 4 heterocycles. The van der Waals surface area contributed by atoms with E-state index in [1.807, 2.05) is 0 Å². The van der Waals surface area contributed by atoms with Crippen LogP contribution >= 0.6 is 0 Å². The summed E-state index contributed by atoms with van der Waals surface area (Å²) in [6.07, 6.45) is 1.12. The predicted molar refractivity (Wildman–Crippen MR) is 99.6 cm³/mol. The second-order valence-corrected chi connectivity index (χ2v) is 10.2. The summed E-state index contributed by atoms with van der Waals surface area (Å²) in [5.41, 5.74) is -2.59. The number of rotatable bonds is 0. The first-order valence-electron chi connectivity index (χ1n) is 11.0. The van der Waals surface area contributed by atoms with Gasteiger partial charge in [0.15, 0.2) is 0 Å². The van der Waals surface area contributed by atoms with Gasteiger partial charge in [-0.05, 0) is 44.3 Å². The molecule has 6 aliphatic rings. The lowest BCUT2D eigenvalue weighted by Gasteiger charge is -2.51. The van der Waals surface area contributed by atoms with Gasteiger partial charge in [-0.1, -0.05) is 0 Å². The Hall–Kier alpha value is -0.720. The first kappa shape index (κ1) is 24.4. The van der Waals surface area contributed by atoms with E-state index in [0.717, 1.165) is 19.5 Å². The van der Waals surface area contributed by atoms with Crippen LogP contribution in [-0.4, -0.2) is 75.2 Å². The lowest BCUT2D eigenvalue weighted by Crippen LogP contribution is -2.67. The normalized spacial score (nSPS) is 40.5. The lowest BCUT2D eigenvalue weighted by atomic mass is 9.62. The molecule has 6 fully saturated rings. The first-order chi connectivity index (χ1) is 14.7. The van der Waals surface area contributed by atoms with E-state index in [1.165, 1.54) is 0 Å². The summed E-state index contributed by atoms with van der Waals surface area (Å²) in [6, 6.07) is 0. The van der Waals surface area contributed by atoms with E-state index in [0.29, 0.717) is 26.1 Å². The molecular weight excluding hydrogens is 450 g/mol. The highest BCUT2D eigenvalue weighted by molar-refractivity contribution is 5.16. The van der Waals surface area contributed by atoms with Gasteiger partial charge in [0.25, 0.3) is 0 Å². The van der Waals surface area contributed by atoms with Crippen molar-refractivity contribution in [2.45, 2.75) is 67.8 Å². The molecule has 186 valence electrons. The fourth-order valence-electron chi connectivity index (χ4n) is 5.72. The Balaban J connectivity index is 0.000000115. The minimum atomic E-state index is -3.80. The molecule has 0 aromatic rings. The van der Waals surface area contributed by atoms with Gasteiger partial charge in [0.05, 0.1) is 5.41 Å². The molecule has 0 radical (unpaired) electrons. The number of halogens is 8. The van der Waals surface area contributed by atoms with E-state index in [4.69, 9.17) is 4.74 Å². The number of nitrogens with one attached hydrogen (secondary N) is 3. The standard InChI is InChI=1S/C7H9F4N.C7H11F2N.C6H9F2NO/c8-6(9)3-5(7(6,10)11)1-2-12-4-5;8-7(9)3-6(4-7)1-2-10-5-6;7-6(8)4-10-5(6)1-2-9-3-5/h12H,1-4H2;10H,1-5H2;9H,1-4H2. The van der Waals surface area contributed by atoms with E-state index in [1.54, 1.807) is 0 Å². The minimum Gasteiger partial charge on any atom is -0.361 e. The zero-order valence-corrected chi connectivity index (χ0v) is 17.6. The number of alkyl halides is 8. The van der Waals surface area contributed by atoms with Crippen LogP contribution in [-0.2, 0) is 4.74 Å². The first-order valence-corrected chi connectivity index (χ1v) is 11.0. The molecule has 0 bridgehead atoms. The molecule has 3 spiro atoms. The second kappa shape index (κ2) is 7.64. The summed E-state index contributed by atoms with van der Waals surface area (Å²) in [4.78, 5) is 0. The Bertz CT molecular complexity index is 689. The molecule has 2 unspecified atom stereocenters. The van der Waals surface area contributed by atoms with Gasteiger partial charge in [-0.2, -0.15) is 17.6 Å². The van der Waals surface area contributed by atoms with E-state index < -0.39 is 47.7 Å². The maximum Gasteiger partial charge on any atom is 0.317 e. The zero-order chi connectivity index (χ0) is 23.5. The molecule has 0 amide bonds. The average molecular weight is 479 g/mol. The van der Waals surface area contributed by atoms with Crippen LogP contribution in [0.1, 0.15) is 38.5 Å². The van der Waals surface area contributed by atoms with Crippen molar-refractivity contribution < 1.29 is 39.9 Å². The third kappa shape index (κ3) is 3.82. The number of hydrogen-bond acceptors (Lipinski definition) is 4. The van der Waals surface area contributed by atoms with Crippen molar-refractivity contribution in [3.63, 3.8) is 0 Å². The summed E-state index contributed by atoms with van der Waals surface area (Å²) in [5.74, 6) is -12.5. The van der Waals surface area contributed by atoms with Crippen LogP contribution in [0.5, 0.6) is 0 Å². The third-order valence-electron chi connectivity index (χ3n) is 7.84. The average Bonchev–Trinajstić information content (AvgIpc) is 3.42. The van der Waals surface area contributed by atoms with Crippen LogP contribution in [0, 0.1) is 10.8 Å². The van der Waals surface area contributed by atoms with Crippen LogP contribution in [0.4, 0.5) is 35.1 Å². The predicted octanol–water partition coefficient (Wildman–Crippen LogP) is 3.42. The Morgan fingerprint density at radius 1 is 0.594 bits per heavy atom. The third-order valence-corrected chi connectivity index (χ3v) is 7.84. The van der Waals surface area contributed by atoms with Gasteiger partial charge in [-0.15, -0.1) is 0 Å². The van der Waals surface area contributed by atoms with E-state index in [9.17, 15) is 35.1 Å². The van der Waals surface area contributed by atoms with Crippen LogP contribution in [0.3, 0.4) is 0 Å². The molecule has 12 heteroatoms. The maximum atomic E-state index is 12.9. The zero-order valence-electron chi connectivity index (χ0n) is 17.6. The van der Waals surface area contributed by atoms with Gasteiger partial charge in [-0.25, -0.2) is 17.6 Å². The summed E-state index contributed by atoms with van der Waals surface area (Å²) >= 11 is 0. The largest absolute Gasteiger partial charge is 0.361 e. The molecule has 2 atom stereocenters. The molecule has 0 aromatic heterocycles. The quantitative estimate of drug-likeness (QED) is 0.466. The summed E-state index contributed by atoms with van der Waals surface area (Å²) in [5, 5.41) is 8.68. The van der Waals surface area contributed by atoms with Gasteiger partial charge >= 0.3 is 17.8 Å². The van der Waals surface area contributed by atoms with Crippen molar-refractivity contribution >= 4 is 0 Å². The summed E-state index contributed by atoms with van der Waals surface area (Å²) < 4.78 is 106. The van der Waals surface area contributed by atoms with Crippen LogP contribution < -0.4 is 16.0 Å². The molecule has 4 aliphatic heterocycles. The fourth-order valence-corrected chi connectivity index (χ4v) is 5.72. The van der Waals surface area contributed by atoms with Crippen molar-refractivity contribution in [3.05, 3.63) is 0 Å². The van der Waals surface area contributed by atoms with Crippen molar-refractivity contribution in [1.82, 2.24) is 16.0 Å². The number of hydrogen-bond donors (Lipinski definition) is 3. The molecule has 3 N–H and O–H groups in total. The molecule has 2 saturated carbocycles. The monoisotopic (exact) mass is 479 g/mol. The maximum absolute atomic E-state index is 12.9. The van der Waals surface area contributed by atoms with Crippen molar-refractivity contribution in [3.8, 4) is 0 Å². The van der Waals surface area contributed by atoms with Crippen LogP contribution in [0.25, 0.3) is 0 Å². The van der Waals surface area contributed by atoms with Gasteiger partial charge < -0.3 is 20.7 Å². The smallest absolute Gasteiger partial charge is 0.317 e. The summed E-state index contributed by atoms with van der Waals surface area (Å²) in [7, 11) is 0. The van der Waals surface area contributed by atoms with E-state index >= 15 is 0 Å². The Morgan fingerprint density at radius 3 is 1.50 bits per heavy atom. The highest BCUT2D eigenvalue weighted by atomic mass is 19.3. The molecule has 0 aromatic carbocycles. The molecule has 4 nitrogen and oxygen atoms in total. The van der Waals surface area contributed by atoms with Crippen LogP contribution in [0.15, 0.2) is 0 Å². The van der Waals surface area contributed by atoms with E-state index in [2.05, 4.69) is 16.0 Å². The van der Waals surface area contributed by atoms with Gasteiger partial charge in [-0.3, -0.25) is 0 Å². The molecular formula is C20H29F8N3O.